The van der Waals surface area contributed by atoms with Gasteiger partial charge < -0.3 is 0 Å². The molecule has 0 radical (unpaired) electrons. The van der Waals surface area contributed by atoms with Gasteiger partial charge in [-0.1, -0.05) is 30.3 Å². The van der Waals surface area contributed by atoms with E-state index in [1.54, 1.807) is 24.5 Å². The fourth-order valence-corrected chi connectivity index (χ4v) is 2.44. The molecule has 4 nitrogen and oxygen atoms in total. The molecule has 0 amide bonds. The number of halogens is 1. The Morgan fingerprint density at radius 3 is 2.67 bits per heavy atom. The van der Waals surface area contributed by atoms with Gasteiger partial charge >= 0.3 is 0 Å². The molecule has 1 heterocycles. The van der Waals surface area contributed by atoms with Gasteiger partial charge in [0.15, 0.2) is 0 Å². The molecule has 0 saturated carbocycles. The Balaban J connectivity index is 2.01. The van der Waals surface area contributed by atoms with E-state index in [1.165, 1.54) is 6.07 Å². The summed E-state index contributed by atoms with van der Waals surface area (Å²) in [5.74, 6) is 5.44. The van der Waals surface area contributed by atoms with Crippen LogP contribution in [0.25, 0.3) is 11.0 Å². The van der Waals surface area contributed by atoms with E-state index in [-0.39, 0.29) is 11.9 Å². The van der Waals surface area contributed by atoms with Crippen LogP contribution in [0.2, 0.25) is 0 Å². The zero-order chi connectivity index (χ0) is 14.7. The second-order valence-electron chi connectivity index (χ2n) is 4.79. The standard InChI is InChI=1S/C16H15FN4/c17-13-6-2-1-4-11(13)10-15(21-18)12-5-3-7-14-16(12)20-9-8-19-14/h1-9,15,21H,10,18H2. The fourth-order valence-electron chi connectivity index (χ4n) is 2.44. The first-order chi connectivity index (χ1) is 10.3. The number of benzene rings is 2. The molecule has 0 saturated heterocycles. The van der Waals surface area contributed by atoms with Crippen molar-refractivity contribution in [3.63, 3.8) is 0 Å². The van der Waals surface area contributed by atoms with Crippen LogP contribution in [-0.4, -0.2) is 9.97 Å². The SMILES string of the molecule is NNC(Cc1ccccc1F)c1cccc2nccnc12. The average molecular weight is 282 g/mol. The summed E-state index contributed by atoms with van der Waals surface area (Å²) >= 11 is 0. The molecule has 3 rings (SSSR count). The van der Waals surface area contributed by atoms with Crippen molar-refractivity contribution >= 4 is 11.0 Å². The molecule has 1 atom stereocenters. The largest absolute Gasteiger partial charge is 0.271 e. The Labute approximate surface area is 121 Å². The van der Waals surface area contributed by atoms with Gasteiger partial charge in [-0.15, -0.1) is 0 Å². The molecule has 3 N–H and O–H groups in total. The molecule has 0 aliphatic rings. The highest BCUT2D eigenvalue weighted by atomic mass is 19.1. The molecular weight excluding hydrogens is 267 g/mol. The van der Waals surface area contributed by atoms with Crippen molar-refractivity contribution in [2.45, 2.75) is 12.5 Å². The van der Waals surface area contributed by atoms with E-state index in [1.807, 2.05) is 24.3 Å². The van der Waals surface area contributed by atoms with Crippen LogP contribution in [0.5, 0.6) is 0 Å². The highest BCUT2D eigenvalue weighted by Crippen LogP contribution is 2.24. The Morgan fingerprint density at radius 2 is 1.86 bits per heavy atom. The molecule has 0 bridgehead atoms. The van der Waals surface area contributed by atoms with Crippen LogP contribution in [0.4, 0.5) is 4.39 Å². The van der Waals surface area contributed by atoms with E-state index in [2.05, 4.69) is 15.4 Å². The molecule has 0 aliphatic heterocycles. The van der Waals surface area contributed by atoms with E-state index in [9.17, 15) is 4.39 Å². The number of fused-ring (bicyclic) bond motifs is 1. The van der Waals surface area contributed by atoms with Crippen molar-refractivity contribution in [1.29, 1.82) is 0 Å². The zero-order valence-electron chi connectivity index (χ0n) is 11.3. The maximum absolute atomic E-state index is 13.8. The van der Waals surface area contributed by atoms with Crippen molar-refractivity contribution in [3.05, 3.63) is 71.8 Å². The third-order valence-electron chi connectivity index (χ3n) is 3.49. The maximum atomic E-state index is 13.8. The number of para-hydroxylation sites is 1. The third-order valence-corrected chi connectivity index (χ3v) is 3.49. The molecule has 0 fully saturated rings. The number of aromatic nitrogens is 2. The summed E-state index contributed by atoms with van der Waals surface area (Å²) in [6.07, 6.45) is 3.73. The smallest absolute Gasteiger partial charge is 0.126 e. The van der Waals surface area contributed by atoms with E-state index < -0.39 is 0 Å². The highest BCUT2D eigenvalue weighted by molar-refractivity contribution is 5.78. The van der Waals surface area contributed by atoms with E-state index in [4.69, 9.17) is 5.84 Å². The van der Waals surface area contributed by atoms with Gasteiger partial charge in [0.2, 0.25) is 0 Å². The van der Waals surface area contributed by atoms with Crippen LogP contribution in [0.15, 0.2) is 54.9 Å². The fraction of sp³-hybridized carbons (Fsp3) is 0.125. The van der Waals surface area contributed by atoms with Crippen molar-refractivity contribution in [2.24, 2.45) is 5.84 Å². The molecule has 1 unspecified atom stereocenters. The van der Waals surface area contributed by atoms with Crippen LogP contribution in [-0.2, 0) is 6.42 Å². The van der Waals surface area contributed by atoms with Crippen LogP contribution in [0.3, 0.4) is 0 Å². The molecule has 0 aliphatic carbocycles. The number of hydrogen-bond acceptors (Lipinski definition) is 4. The molecule has 2 aromatic carbocycles. The lowest BCUT2D eigenvalue weighted by Gasteiger charge is -2.18. The van der Waals surface area contributed by atoms with Crippen molar-refractivity contribution in [3.8, 4) is 0 Å². The predicted molar refractivity (Wildman–Crippen MR) is 79.7 cm³/mol. The van der Waals surface area contributed by atoms with Gasteiger partial charge in [-0.2, -0.15) is 0 Å². The van der Waals surface area contributed by atoms with Gasteiger partial charge in [-0.25, -0.2) is 4.39 Å². The van der Waals surface area contributed by atoms with Crippen molar-refractivity contribution in [1.82, 2.24) is 15.4 Å². The molecular formula is C16H15FN4. The summed E-state index contributed by atoms with van der Waals surface area (Å²) in [6, 6.07) is 12.2. The lowest BCUT2D eigenvalue weighted by molar-refractivity contribution is 0.531. The number of nitrogens with zero attached hydrogens (tertiary/aromatic N) is 2. The average Bonchev–Trinajstić information content (AvgIpc) is 2.54. The van der Waals surface area contributed by atoms with Crippen LogP contribution in [0.1, 0.15) is 17.2 Å². The number of nitrogens with one attached hydrogen (secondary N) is 1. The Morgan fingerprint density at radius 1 is 1.05 bits per heavy atom. The summed E-state index contributed by atoms with van der Waals surface area (Å²) < 4.78 is 13.8. The zero-order valence-corrected chi connectivity index (χ0v) is 11.3. The minimum Gasteiger partial charge on any atom is -0.271 e. The van der Waals surface area contributed by atoms with Gasteiger partial charge in [-0.05, 0) is 29.7 Å². The first kappa shape index (κ1) is 13.6. The van der Waals surface area contributed by atoms with Crippen LogP contribution in [0, 0.1) is 5.82 Å². The summed E-state index contributed by atoms with van der Waals surface area (Å²) in [4.78, 5) is 8.64. The number of nitrogens with two attached hydrogens (primary N) is 1. The molecule has 21 heavy (non-hydrogen) atoms. The third kappa shape index (κ3) is 2.74. The molecule has 1 aromatic heterocycles. The molecule has 5 heteroatoms. The predicted octanol–water partition coefficient (Wildman–Crippen LogP) is 2.52. The first-order valence-corrected chi connectivity index (χ1v) is 6.69. The minimum atomic E-state index is -0.234. The molecule has 0 spiro atoms. The van der Waals surface area contributed by atoms with Gasteiger partial charge in [0.05, 0.1) is 17.1 Å². The van der Waals surface area contributed by atoms with Gasteiger partial charge in [-0.3, -0.25) is 21.2 Å². The first-order valence-electron chi connectivity index (χ1n) is 6.69. The second kappa shape index (κ2) is 5.95. The Bertz CT molecular complexity index is 755. The van der Waals surface area contributed by atoms with Crippen LogP contribution >= 0.6 is 0 Å². The normalized spacial score (nSPS) is 12.5. The minimum absolute atomic E-state index is 0.232. The van der Waals surface area contributed by atoms with Crippen molar-refractivity contribution in [2.75, 3.05) is 0 Å². The number of hydrazine groups is 1. The number of rotatable bonds is 4. The molecule has 106 valence electrons. The lowest BCUT2D eigenvalue weighted by atomic mass is 9.98. The van der Waals surface area contributed by atoms with E-state index >= 15 is 0 Å². The Kier molecular flexibility index (Phi) is 3.85. The lowest BCUT2D eigenvalue weighted by Crippen LogP contribution is -2.30. The maximum Gasteiger partial charge on any atom is 0.126 e. The monoisotopic (exact) mass is 282 g/mol. The topological polar surface area (TPSA) is 63.8 Å². The van der Waals surface area contributed by atoms with Gasteiger partial charge in [0.25, 0.3) is 0 Å². The Hall–Kier alpha value is -2.37. The quantitative estimate of drug-likeness (QED) is 0.570. The van der Waals surface area contributed by atoms with Gasteiger partial charge in [0, 0.05) is 12.4 Å². The number of hydrogen-bond donors (Lipinski definition) is 2. The summed E-state index contributed by atoms with van der Waals surface area (Å²) in [5, 5.41) is 0. The highest BCUT2D eigenvalue weighted by Gasteiger charge is 2.16. The second-order valence-corrected chi connectivity index (χ2v) is 4.79. The summed E-state index contributed by atoms with van der Waals surface area (Å²) in [7, 11) is 0. The van der Waals surface area contributed by atoms with Crippen LogP contribution < -0.4 is 11.3 Å². The van der Waals surface area contributed by atoms with Gasteiger partial charge in [0.1, 0.15) is 5.82 Å². The van der Waals surface area contributed by atoms with E-state index in [0.717, 1.165) is 16.6 Å². The van der Waals surface area contributed by atoms with Crippen molar-refractivity contribution < 1.29 is 4.39 Å². The van der Waals surface area contributed by atoms with E-state index in [0.29, 0.717) is 12.0 Å². The molecule has 3 aromatic rings. The summed E-state index contributed by atoms with van der Waals surface area (Å²) in [6.45, 7) is 0. The summed E-state index contributed by atoms with van der Waals surface area (Å²) in [5.41, 5.74) is 5.85.